The molecule has 0 amide bonds. The summed E-state index contributed by atoms with van der Waals surface area (Å²) in [6, 6.07) is 16.1. The third kappa shape index (κ3) is 10.4. The van der Waals surface area contributed by atoms with E-state index in [1.807, 2.05) is 71.9 Å². The number of aryl methyl sites for hydroxylation is 1. The molecule has 35 heavy (non-hydrogen) atoms. The Morgan fingerprint density at radius 2 is 1.40 bits per heavy atom. The first-order chi connectivity index (χ1) is 16.5. The van der Waals surface area contributed by atoms with Crippen LogP contribution < -0.4 is 9.47 Å². The molecule has 0 fully saturated rings. The van der Waals surface area contributed by atoms with Crippen LogP contribution in [0.1, 0.15) is 47.2 Å². The fourth-order valence-electron chi connectivity index (χ4n) is 2.57. The molecule has 1 aliphatic heterocycles. The lowest BCUT2D eigenvalue weighted by Crippen LogP contribution is -2.42. The highest BCUT2D eigenvalue weighted by Crippen LogP contribution is 2.38. The first kappa shape index (κ1) is 35.4. The number of hydrogen-bond acceptors (Lipinski definition) is 7. The molecule has 3 aromatic rings. The Balaban J connectivity index is 0. The summed E-state index contributed by atoms with van der Waals surface area (Å²) >= 11 is 4.24. The maximum Gasteiger partial charge on any atom is 0.359 e. The maximum absolute atomic E-state index is 10.2. The second-order valence-corrected chi connectivity index (χ2v) is 5.79. The van der Waals surface area contributed by atoms with Crippen molar-refractivity contribution in [3.8, 4) is 17.3 Å². The van der Waals surface area contributed by atoms with Gasteiger partial charge < -0.3 is 25.2 Å². The van der Waals surface area contributed by atoms with Gasteiger partial charge in [-0.05, 0) is 31.2 Å². The number of aliphatic hydroxyl groups is 2. The van der Waals surface area contributed by atoms with Gasteiger partial charge in [0.05, 0.1) is 11.4 Å². The fraction of sp³-hybridized carbons (Fsp3) is 0.375. The Labute approximate surface area is 231 Å². The van der Waals surface area contributed by atoms with E-state index in [9.17, 15) is 10.2 Å². The molecule has 0 saturated heterocycles. The maximum atomic E-state index is 10.2. The normalized spacial score (nSPS) is 12.1. The van der Waals surface area contributed by atoms with Gasteiger partial charge in [-0.2, -0.15) is 9.78 Å². The first-order valence-electron chi connectivity index (χ1n) is 11.1. The van der Waals surface area contributed by atoms with Crippen LogP contribution in [0, 0.1) is 6.92 Å². The minimum Gasteiger partial charge on any atom is -0.481 e. The molecular formula is C24H36I2N4O5. The minimum absolute atomic E-state index is 0. The molecule has 4 rings (SSSR count). The highest BCUT2D eigenvalue weighted by atomic mass is 128. The Morgan fingerprint density at radius 3 is 2.00 bits per heavy atom. The standard InChI is InChI=1S/C18H16N4O4.3C2H6.I2.H2O/c1-12-16-17(22(21-12)13-7-3-2-4-8-13)26-18(23,24)11-25-15-10-6-5-9-14(15)19-20-16;4*1-2;/h2-10,23-24H,11H2,1H3;3*1-2H3;;1H2. The lowest BCUT2D eigenvalue weighted by molar-refractivity contribution is -0.305. The molecule has 1 aromatic heterocycles. The fourth-order valence-corrected chi connectivity index (χ4v) is 2.57. The number of rotatable bonds is 1. The summed E-state index contributed by atoms with van der Waals surface area (Å²) in [5, 5.41) is 33.3. The average molecular weight is 714 g/mol. The summed E-state index contributed by atoms with van der Waals surface area (Å²) in [4.78, 5) is 0. The van der Waals surface area contributed by atoms with Gasteiger partial charge >= 0.3 is 5.97 Å². The Kier molecular flexibility index (Phi) is 19.6. The lowest BCUT2D eigenvalue weighted by Gasteiger charge is -2.24. The van der Waals surface area contributed by atoms with E-state index >= 15 is 0 Å². The van der Waals surface area contributed by atoms with Crippen molar-refractivity contribution in [2.24, 2.45) is 10.2 Å². The van der Waals surface area contributed by atoms with Crippen LogP contribution in [-0.4, -0.2) is 38.0 Å². The smallest absolute Gasteiger partial charge is 0.359 e. The number of hydrogen-bond donors (Lipinski definition) is 2. The summed E-state index contributed by atoms with van der Waals surface area (Å²) in [7, 11) is 0. The number of ether oxygens (including phenoxy) is 2. The van der Waals surface area contributed by atoms with Crippen molar-refractivity contribution in [2.75, 3.05) is 6.61 Å². The van der Waals surface area contributed by atoms with Crippen molar-refractivity contribution in [3.05, 3.63) is 60.3 Å². The van der Waals surface area contributed by atoms with E-state index in [0.717, 1.165) is 0 Å². The molecule has 196 valence electrons. The van der Waals surface area contributed by atoms with Crippen LogP contribution in [0.2, 0.25) is 0 Å². The topological polar surface area (TPSA) is 133 Å². The van der Waals surface area contributed by atoms with Crippen LogP contribution in [0.15, 0.2) is 64.8 Å². The van der Waals surface area contributed by atoms with Crippen LogP contribution >= 0.6 is 37.2 Å². The zero-order chi connectivity index (χ0) is 26.1. The molecule has 2 heterocycles. The average Bonchev–Trinajstić information content (AvgIpc) is 3.21. The second kappa shape index (κ2) is 19.4. The van der Waals surface area contributed by atoms with Crippen LogP contribution in [0.25, 0.3) is 5.69 Å². The Hall–Kier alpha value is -1.81. The molecule has 2 aromatic carbocycles. The van der Waals surface area contributed by atoms with Crippen molar-refractivity contribution < 1.29 is 25.2 Å². The van der Waals surface area contributed by atoms with Crippen LogP contribution in [0.5, 0.6) is 11.6 Å². The molecule has 11 heteroatoms. The SMILES string of the molecule is CC.CC.CC.Cc1nn(-c2ccccc2)c2c1N=Nc1ccccc1OCC(O)(O)O2.II.O. The molecule has 0 saturated carbocycles. The highest BCUT2D eigenvalue weighted by molar-refractivity contribution is 15.0. The molecule has 4 N–H and O–H groups in total. The molecule has 1 aliphatic rings. The lowest BCUT2D eigenvalue weighted by atomic mass is 10.3. The van der Waals surface area contributed by atoms with Gasteiger partial charge in [0.1, 0.15) is 11.4 Å². The summed E-state index contributed by atoms with van der Waals surface area (Å²) in [5.74, 6) is -2.15. The minimum atomic E-state index is -2.58. The zero-order valence-electron chi connectivity index (χ0n) is 21.2. The quantitative estimate of drug-likeness (QED) is 0.206. The monoisotopic (exact) mass is 714 g/mol. The Morgan fingerprint density at radius 1 is 0.857 bits per heavy atom. The van der Waals surface area contributed by atoms with Gasteiger partial charge in [-0.1, -0.05) is 71.9 Å². The molecule has 0 bridgehead atoms. The van der Waals surface area contributed by atoms with Gasteiger partial charge in [-0.25, -0.2) is 0 Å². The van der Waals surface area contributed by atoms with E-state index in [0.29, 0.717) is 28.5 Å². The largest absolute Gasteiger partial charge is 0.481 e. The summed E-state index contributed by atoms with van der Waals surface area (Å²) in [5.41, 5.74) is 1.98. The number of para-hydroxylation sites is 2. The van der Waals surface area contributed by atoms with E-state index in [2.05, 4.69) is 52.6 Å². The van der Waals surface area contributed by atoms with E-state index in [1.54, 1.807) is 31.2 Å². The number of aromatic nitrogens is 2. The van der Waals surface area contributed by atoms with Gasteiger partial charge in [0.2, 0.25) is 5.88 Å². The first-order valence-corrected chi connectivity index (χ1v) is 17.4. The zero-order valence-corrected chi connectivity index (χ0v) is 25.5. The molecular weight excluding hydrogens is 678 g/mol. The highest BCUT2D eigenvalue weighted by Gasteiger charge is 2.33. The van der Waals surface area contributed by atoms with Gasteiger partial charge in [0.25, 0.3) is 0 Å². The number of halogens is 2. The number of fused-ring (bicyclic) bond motifs is 2. The van der Waals surface area contributed by atoms with Gasteiger partial charge in [-0.15, -0.1) is 10.2 Å². The van der Waals surface area contributed by atoms with Crippen LogP contribution in [0.4, 0.5) is 11.4 Å². The van der Waals surface area contributed by atoms with Crippen molar-refractivity contribution in [2.45, 2.75) is 54.4 Å². The van der Waals surface area contributed by atoms with E-state index in [1.165, 1.54) is 4.68 Å². The van der Waals surface area contributed by atoms with E-state index in [-0.39, 0.29) is 11.4 Å². The third-order valence-corrected chi connectivity index (χ3v) is 3.79. The summed E-state index contributed by atoms with van der Waals surface area (Å²) in [6.45, 7) is 13.2. The van der Waals surface area contributed by atoms with Crippen molar-refractivity contribution in [1.29, 1.82) is 0 Å². The number of nitrogens with zero attached hydrogens (tertiary/aromatic N) is 4. The van der Waals surface area contributed by atoms with Crippen molar-refractivity contribution in [3.63, 3.8) is 0 Å². The second-order valence-electron chi connectivity index (χ2n) is 5.79. The third-order valence-electron chi connectivity index (χ3n) is 3.79. The van der Waals surface area contributed by atoms with Crippen molar-refractivity contribution in [1.82, 2.24) is 9.78 Å². The molecule has 0 radical (unpaired) electrons. The molecule has 0 spiro atoms. The van der Waals surface area contributed by atoms with Crippen LogP contribution in [0.3, 0.4) is 0 Å². The van der Waals surface area contributed by atoms with Gasteiger partial charge in [-0.3, -0.25) is 0 Å². The van der Waals surface area contributed by atoms with E-state index in [4.69, 9.17) is 9.47 Å². The van der Waals surface area contributed by atoms with Crippen LogP contribution in [-0.2, 0) is 0 Å². The molecule has 9 nitrogen and oxygen atoms in total. The van der Waals surface area contributed by atoms with Gasteiger partial charge in [0.15, 0.2) is 12.3 Å². The molecule has 0 atom stereocenters. The summed E-state index contributed by atoms with van der Waals surface area (Å²) in [6.07, 6.45) is 0. The predicted octanol–water partition coefficient (Wildman–Crippen LogP) is 7.03. The molecule has 0 aliphatic carbocycles. The Bertz CT molecular complexity index is 983. The van der Waals surface area contributed by atoms with E-state index < -0.39 is 12.6 Å². The van der Waals surface area contributed by atoms with Gasteiger partial charge in [0, 0.05) is 37.2 Å². The molecule has 0 unspecified atom stereocenters. The number of benzene rings is 2. The predicted molar refractivity (Wildman–Crippen MR) is 158 cm³/mol. The number of azo groups is 1. The summed E-state index contributed by atoms with van der Waals surface area (Å²) < 4.78 is 12.3. The van der Waals surface area contributed by atoms with Crippen molar-refractivity contribution >= 4 is 48.6 Å².